The number of halogens is 2. The molecule has 0 spiro atoms. The fourth-order valence-electron chi connectivity index (χ4n) is 2.26. The van der Waals surface area contributed by atoms with E-state index in [4.69, 9.17) is 11.6 Å². The van der Waals surface area contributed by atoms with Crippen molar-refractivity contribution in [2.45, 2.75) is 13.3 Å². The van der Waals surface area contributed by atoms with Crippen LogP contribution in [0, 0.1) is 5.82 Å². The number of anilines is 2. The van der Waals surface area contributed by atoms with E-state index in [1.807, 2.05) is 6.92 Å². The van der Waals surface area contributed by atoms with Crippen LogP contribution in [0.2, 0.25) is 5.02 Å². The third kappa shape index (κ3) is 2.55. The van der Waals surface area contributed by atoms with Crippen LogP contribution in [0.1, 0.15) is 12.5 Å². The van der Waals surface area contributed by atoms with Crippen molar-refractivity contribution in [3.05, 3.63) is 69.4 Å². The molecule has 0 fully saturated rings. The highest BCUT2D eigenvalue weighted by Crippen LogP contribution is 2.20. The van der Waals surface area contributed by atoms with Gasteiger partial charge < -0.3 is 5.32 Å². The fraction of sp³-hybridized carbons (Fsp3) is 0.125. The maximum absolute atomic E-state index is 13.9. The molecule has 0 aliphatic carbocycles. The first-order valence-corrected chi connectivity index (χ1v) is 7.20. The molecule has 22 heavy (non-hydrogen) atoms. The van der Waals surface area contributed by atoms with Crippen molar-refractivity contribution in [2.24, 2.45) is 0 Å². The lowest BCUT2D eigenvalue weighted by Gasteiger charge is -2.12. The van der Waals surface area contributed by atoms with E-state index in [1.165, 1.54) is 22.7 Å². The molecule has 0 saturated heterocycles. The first-order chi connectivity index (χ1) is 10.6. The van der Waals surface area contributed by atoms with Crippen molar-refractivity contribution in [3.8, 4) is 0 Å². The van der Waals surface area contributed by atoms with Gasteiger partial charge in [-0.15, -0.1) is 0 Å². The zero-order valence-corrected chi connectivity index (χ0v) is 12.6. The number of nitrogens with zero attached hydrogens (tertiary/aromatic N) is 2. The molecule has 0 saturated carbocycles. The average Bonchev–Trinajstić information content (AvgIpc) is 2.51. The van der Waals surface area contributed by atoms with Crippen molar-refractivity contribution >= 4 is 28.8 Å². The number of hydrogen-bond donors (Lipinski definition) is 1. The van der Waals surface area contributed by atoms with Crippen LogP contribution in [0.5, 0.6) is 0 Å². The molecule has 0 radical (unpaired) electrons. The van der Waals surface area contributed by atoms with Gasteiger partial charge in [0.25, 0.3) is 5.56 Å². The van der Waals surface area contributed by atoms with Crippen LogP contribution in [0.15, 0.2) is 47.4 Å². The Labute approximate surface area is 131 Å². The Balaban J connectivity index is 2.17. The second kappa shape index (κ2) is 5.77. The van der Waals surface area contributed by atoms with Gasteiger partial charge >= 0.3 is 0 Å². The lowest BCUT2D eigenvalue weighted by Crippen LogP contribution is -2.22. The maximum Gasteiger partial charge on any atom is 0.263 e. The van der Waals surface area contributed by atoms with Crippen LogP contribution < -0.4 is 10.9 Å². The Kier molecular flexibility index (Phi) is 3.81. The van der Waals surface area contributed by atoms with Gasteiger partial charge in [0, 0.05) is 16.9 Å². The van der Waals surface area contributed by atoms with Gasteiger partial charge in [0.1, 0.15) is 5.82 Å². The van der Waals surface area contributed by atoms with Gasteiger partial charge in [-0.05, 0) is 42.8 Å². The van der Waals surface area contributed by atoms with Gasteiger partial charge in [-0.3, -0.25) is 9.20 Å². The number of fused-ring (bicyclic) bond motifs is 1. The molecule has 3 aromatic rings. The van der Waals surface area contributed by atoms with Gasteiger partial charge in [0.2, 0.25) is 0 Å². The van der Waals surface area contributed by atoms with Crippen LogP contribution in [-0.2, 0) is 6.42 Å². The highest BCUT2D eigenvalue weighted by atomic mass is 35.5. The molecule has 0 unspecified atom stereocenters. The van der Waals surface area contributed by atoms with Crippen molar-refractivity contribution in [2.75, 3.05) is 5.32 Å². The molecular weight excluding hydrogens is 305 g/mol. The molecule has 1 N–H and O–H groups in total. The Morgan fingerprint density at radius 3 is 2.68 bits per heavy atom. The minimum Gasteiger partial charge on any atom is -0.340 e. The van der Waals surface area contributed by atoms with Gasteiger partial charge in [-0.2, -0.15) is 0 Å². The van der Waals surface area contributed by atoms with Gasteiger partial charge in [0.15, 0.2) is 11.5 Å². The van der Waals surface area contributed by atoms with Crippen LogP contribution in [-0.4, -0.2) is 9.38 Å². The lowest BCUT2D eigenvalue weighted by atomic mass is 10.2. The molecule has 0 amide bonds. The summed E-state index contributed by atoms with van der Waals surface area (Å²) in [7, 11) is 0. The second-order valence-corrected chi connectivity index (χ2v) is 5.22. The molecule has 0 atom stereocenters. The highest BCUT2D eigenvalue weighted by molar-refractivity contribution is 6.30. The zero-order chi connectivity index (χ0) is 15.7. The molecule has 6 heteroatoms. The number of nitrogens with one attached hydrogen (secondary N) is 1. The standard InChI is InChI=1S/C16H13ClFN3O/c1-2-12-14(19-11-7-5-10(17)6-8-11)20-15-13(18)4-3-9-21(15)16(12)22/h3-9,19H,2H2,1H3. The molecule has 0 aliphatic heterocycles. The topological polar surface area (TPSA) is 46.4 Å². The number of rotatable bonds is 3. The van der Waals surface area contributed by atoms with E-state index in [1.54, 1.807) is 24.3 Å². The third-order valence-electron chi connectivity index (χ3n) is 3.36. The van der Waals surface area contributed by atoms with Crippen LogP contribution in [0.25, 0.3) is 5.65 Å². The van der Waals surface area contributed by atoms with Gasteiger partial charge in [-0.1, -0.05) is 18.5 Å². The highest BCUT2D eigenvalue weighted by Gasteiger charge is 2.13. The minimum absolute atomic E-state index is 0.00108. The predicted octanol–water partition coefficient (Wildman–Crippen LogP) is 3.79. The van der Waals surface area contributed by atoms with E-state index in [-0.39, 0.29) is 11.2 Å². The van der Waals surface area contributed by atoms with Crippen molar-refractivity contribution in [1.82, 2.24) is 9.38 Å². The summed E-state index contributed by atoms with van der Waals surface area (Å²) in [6.07, 6.45) is 2.00. The molecule has 2 heterocycles. The monoisotopic (exact) mass is 317 g/mol. The SMILES string of the molecule is CCc1c(Nc2ccc(Cl)cc2)nc2c(F)cccn2c1=O. The minimum atomic E-state index is -0.540. The summed E-state index contributed by atoms with van der Waals surface area (Å²) in [5, 5.41) is 3.67. The number of benzene rings is 1. The maximum atomic E-state index is 13.9. The summed E-state index contributed by atoms with van der Waals surface area (Å²) in [5.74, 6) is -0.179. The van der Waals surface area contributed by atoms with E-state index in [0.717, 1.165) is 5.69 Å². The molecule has 4 nitrogen and oxygen atoms in total. The van der Waals surface area contributed by atoms with E-state index in [2.05, 4.69) is 10.3 Å². The normalized spacial score (nSPS) is 10.9. The van der Waals surface area contributed by atoms with E-state index >= 15 is 0 Å². The molecule has 112 valence electrons. The summed E-state index contributed by atoms with van der Waals surface area (Å²) in [4.78, 5) is 16.7. The zero-order valence-electron chi connectivity index (χ0n) is 11.8. The van der Waals surface area contributed by atoms with Crippen LogP contribution in [0.3, 0.4) is 0 Å². The Morgan fingerprint density at radius 1 is 1.27 bits per heavy atom. The van der Waals surface area contributed by atoms with E-state index < -0.39 is 5.82 Å². The molecule has 0 bridgehead atoms. The first-order valence-electron chi connectivity index (χ1n) is 6.82. The summed E-state index contributed by atoms with van der Waals surface area (Å²) in [6.45, 7) is 1.86. The predicted molar refractivity (Wildman–Crippen MR) is 85.5 cm³/mol. The van der Waals surface area contributed by atoms with Crippen molar-refractivity contribution in [3.63, 3.8) is 0 Å². The van der Waals surface area contributed by atoms with Crippen molar-refractivity contribution in [1.29, 1.82) is 0 Å². The largest absolute Gasteiger partial charge is 0.340 e. The quantitative estimate of drug-likeness (QED) is 0.799. The fourth-order valence-corrected chi connectivity index (χ4v) is 2.38. The van der Waals surface area contributed by atoms with E-state index in [9.17, 15) is 9.18 Å². The van der Waals surface area contributed by atoms with Crippen molar-refractivity contribution < 1.29 is 4.39 Å². The number of aromatic nitrogens is 2. The summed E-state index contributed by atoms with van der Waals surface area (Å²) >= 11 is 5.85. The Bertz CT molecular complexity index is 890. The Hall–Kier alpha value is -2.40. The molecule has 0 aliphatic rings. The van der Waals surface area contributed by atoms with Gasteiger partial charge in [-0.25, -0.2) is 9.37 Å². The number of hydrogen-bond acceptors (Lipinski definition) is 3. The van der Waals surface area contributed by atoms with Crippen LogP contribution in [0.4, 0.5) is 15.9 Å². The molecule has 2 aromatic heterocycles. The summed E-state index contributed by atoms with van der Waals surface area (Å²) in [6, 6.07) is 9.75. The third-order valence-corrected chi connectivity index (χ3v) is 3.61. The summed E-state index contributed by atoms with van der Waals surface area (Å²) in [5.41, 5.74) is 0.953. The van der Waals surface area contributed by atoms with Gasteiger partial charge in [0.05, 0.1) is 5.56 Å². The average molecular weight is 318 g/mol. The molecule has 1 aromatic carbocycles. The van der Waals surface area contributed by atoms with E-state index in [0.29, 0.717) is 22.8 Å². The second-order valence-electron chi connectivity index (χ2n) is 4.78. The first kappa shape index (κ1) is 14.5. The molecule has 3 rings (SSSR count). The Morgan fingerprint density at radius 2 is 2.00 bits per heavy atom. The summed E-state index contributed by atoms with van der Waals surface area (Å²) < 4.78 is 15.1. The molecular formula is C16H13ClFN3O. The number of pyridine rings is 1. The lowest BCUT2D eigenvalue weighted by molar-refractivity contribution is 0.626. The van der Waals surface area contributed by atoms with Crippen LogP contribution >= 0.6 is 11.6 Å². The smallest absolute Gasteiger partial charge is 0.263 e.